The first-order chi connectivity index (χ1) is 9.56. The van der Waals surface area contributed by atoms with Gasteiger partial charge in [-0.25, -0.2) is 4.79 Å². The van der Waals surface area contributed by atoms with Gasteiger partial charge in [-0.1, -0.05) is 32.0 Å². The number of hydrogen-bond donors (Lipinski definition) is 1. The summed E-state index contributed by atoms with van der Waals surface area (Å²) in [5.74, 6) is 0.684. The molecule has 3 nitrogen and oxygen atoms in total. The molecule has 1 aromatic carbocycles. The van der Waals surface area contributed by atoms with E-state index in [1.165, 1.54) is 12.0 Å². The van der Waals surface area contributed by atoms with Gasteiger partial charge in [0, 0.05) is 18.2 Å². The minimum Gasteiger partial charge on any atom is -0.480 e. The predicted molar refractivity (Wildman–Crippen MR) is 80.0 cm³/mol. The predicted octanol–water partition coefficient (Wildman–Crippen LogP) is 3.33. The molecule has 1 aromatic rings. The van der Waals surface area contributed by atoms with Gasteiger partial charge in [0.05, 0.1) is 0 Å². The van der Waals surface area contributed by atoms with Crippen molar-refractivity contribution < 1.29 is 9.90 Å². The maximum Gasteiger partial charge on any atom is 0.326 e. The van der Waals surface area contributed by atoms with Crippen LogP contribution in [0.4, 0.5) is 5.69 Å². The fourth-order valence-corrected chi connectivity index (χ4v) is 4.20. The van der Waals surface area contributed by atoms with Crippen LogP contribution < -0.4 is 4.90 Å². The summed E-state index contributed by atoms with van der Waals surface area (Å²) < 4.78 is 0. The number of aliphatic carboxylic acids is 1. The molecule has 3 unspecified atom stereocenters. The summed E-state index contributed by atoms with van der Waals surface area (Å²) in [6.07, 6.45) is 4.14. The molecule has 3 rings (SSSR count). The van der Waals surface area contributed by atoms with Gasteiger partial charge in [-0.15, -0.1) is 0 Å². The molecule has 0 aromatic heterocycles. The Labute approximate surface area is 120 Å². The molecule has 1 saturated carbocycles. The number of carboxylic acids is 1. The lowest BCUT2D eigenvalue weighted by Gasteiger charge is -2.40. The first-order valence-corrected chi connectivity index (χ1v) is 7.65. The van der Waals surface area contributed by atoms with Crippen LogP contribution in [-0.4, -0.2) is 23.2 Å². The maximum atomic E-state index is 11.6. The molecule has 0 amide bonds. The van der Waals surface area contributed by atoms with Gasteiger partial charge in [-0.3, -0.25) is 0 Å². The van der Waals surface area contributed by atoms with E-state index in [0.717, 1.165) is 18.5 Å². The standard InChI is InChI=1S/C17H23NO2/c1-11-7-12(2)9-14(8-11)18-15-6-4-3-5-13(15)10-16(18)17(19)20/h3-6,11-12,14,16H,7-10H2,1-2H3,(H,19,20). The number of fused-ring (bicyclic) bond motifs is 1. The van der Waals surface area contributed by atoms with Crippen molar-refractivity contribution in [3.05, 3.63) is 29.8 Å². The smallest absolute Gasteiger partial charge is 0.326 e. The Hall–Kier alpha value is -1.51. The zero-order chi connectivity index (χ0) is 14.3. The molecule has 1 fully saturated rings. The molecular weight excluding hydrogens is 250 g/mol. The summed E-state index contributed by atoms with van der Waals surface area (Å²) in [5, 5.41) is 9.58. The molecule has 1 aliphatic heterocycles. The second-order valence-electron chi connectivity index (χ2n) is 6.67. The molecule has 0 bridgehead atoms. The Morgan fingerprint density at radius 2 is 1.80 bits per heavy atom. The fourth-order valence-electron chi connectivity index (χ4n) is 4.20. The van der Waals surface area contributed by atoms with Crippen LogP contribution in [0.2, 0.25) is 0 Å². The Morgan fingerprint density at radius 3 is 2.45 bits per heavy atom. The highest BCUT2D eigenvalue weighted by molar-refractivity contribution is 5.82. The minimum absolute atomic E-state index is 0.374. The van der Waals surface area contributed by atoms with Crippen molar-refractivity contribution in [2.75, 3.05) is 4.90 Å². The molecule has 1 aliphatic carbocycles. The van der Waals surface area contributed by atoms with Crippen molar-refractivity contribution in [1.29, 1.82) is 0 Å². The van der Waals surface area contributed by atoms with Crippen molar-refractivity contribution >= 4 is 11.7 Å². The Kier molecular flexibility index (Phi) is 3.45. The minimum atomic E-state index is -0.688. The quantitative estimate of drug-likeness (QED) is 0.898. The molecule has 108 valence electrons. The second kappa shape index (κ2) is 5.12. The summed E-state index contributed by atoms with van der Waals surface area (Å²) in [4.78, 5) is 13.8. The third kappa shape index (κ3) is 2.30. The van der Waals surface area contributed by atoms with Crippen molar-refractivity contribution in [2.24, 2.45) is 11.8 Å². The van der Waals surface area contributed by atoms with E-state index in [9.17, 15) is 9.90 Å². The largest absolute Gasteiger partial charge is 0.480 e. The van der Waals surface area contributed by atoms with E-state index < -0.39 is 5.97 Å². The highest BCUT2D eigenvalue weighted by Gasteiger charge is 2.40. The van der Waals surface area contributed by atoms with Crippen LogP contribution in [0.15, 0.2) is 24.3 Å². The number of nitrogens with zero attached hydrogens (tertiary/aromatic N) is 1. The van der Waals surface area contributed by atoms with E-state index in [1.54, 1.807) is 0 Å². The number of carbonyl (C=O) groups is 1. The average Bonchev–Trinajstić information content (AvgIpc) is 2.77. The van der Waals surface area contributed by atoms with Gasteiger partial charge >= 0.3 is 5.97 Å². The summed E-state index contributed by atoms with van der Waals surface area (Å²) in [6.45, 7) is 4.58. The van der Waals surface area contributed by atoms with Gasteiger partial charge in [-0.2, -0.15) is 0 Å². The van der Waals surface area contributed by atoms with Crippen LogP contribution in [-0.2, 0) is 11.2 Å². The van der Waals surface area contributed by atoms with Gasteiger partial charge < -0.3 is 10.0 Å². The van der Waals surface area contributed by atoms with Gasteiger partial charge in [0.15, 0.2) is 0 Å². The number of hydrogen-bond acceptors (Lipinski definition) is 2. The molecule has 0 radical (unpaired) electrons. The SMILES string of the molecule is CC1CC(C)CC(N2c3ccccc3CC2C(=O)O)C1. The van der Waals surface area contributed by atoms with Crippen LogP contribution in [0.5, 0.6) is 0 Å². The molecule has 0 saturated heterocycles. The summed E-state index contributed by atoms with van der Waals surface area (Å²) >= 11 is 0. The monoisotopic (exact) mass is 273 g/mol. The zero-order valence-corrected chi connectivity index (χ0v) is 12.2. The maximum absolute atomic E-state index is 11.6. The lowest BCUT2D eigenvalue weighted by molar-refractivity contribution is -0.138. The molecule has 2 aliphatic rings. The highest BCUT2D eigenvalue weighted by atomic mass is 16.4. The highest BCUT2D eigenvalue weighted by Crippen LogP contribution is 2.40. The normalized spacial score (nSPS) is 33.0. The fraction of sp³-hybridized carbons (Fsp3) is 0.588. The van der Waals surface area contributed by atoms with E-state index in [2.05, 4.69) is 30.9 Å². The topological polar surface area (TPSA) is 40.5 Å². The van der Waals surface area contributed by atoms with E-state index in [1.807, 2.05) is 12.1 Å². The molecule has 3 heteroatoms. The molecule has 0 spiro atoms. The first-order valence-electron chi connectivity index (χ1n) is 7.65. The Morgan fingerprint density at radius 1 is 1.15 bits per heavy atom. The Balaban J connectivity index is 1.94. The third-order valence-electron chi connectivity index (χ3n) is 4.85. The van der Waals surface area contributed by atoms with Crippen LogP contribution in [0.3, 0.4) is 0 Å². The number of benzene rings is 1. The molecule has 1 heterocycles. The van der Waals surface area contributed by atoms with Crippen LogP contribution >= 0.6 is 0 Å². The molecular formula is C17H23NO2. The van der Waals surface area contributed by atoms with Crippen molar-refractivity contribution in [2.45, 2.75) is 51.6 Å². The van der Waals surface area contributed by atoms with Crippen molar-refractivity contribution in [3.63, 3.8) is 0 Å². The zero-order valence-electron chi connectivity index (χ0n) is 12.2. The molecule has 3 atom stereocenters. The van der Waals surface area contributed by atoms with E-state index in [-0.39, 0.29) is 6.04 Å². The van der Waals surface area contributed by atoms with Gasteiger partial charge in [0.2, 0.25) is 0 Å². The number of carboxylic acid groups (broad SMARTS) is 1. The van der Waals surface area contributed by atoms with Crippen LogP contribution in [0.1, 0.15) is 38.7 Å². The summed E-state index contributed by atoms with van der Waals surface area (Å²) in [5.41, 5.74) is 2.33. The van der Waals surface area contributed by atoms with Gasteiger partial charge in [0.1, 0.15) is 6.04 Å². The lowest BCUT2D eigenvalue weighted by atomic mass is 9.79. The average molecular weight is 273 g/mol. The van der Waals surface area contributed by atoms with E-state index in [4.69, 9.17) is 0 Å². The summed E-state index contributed by atoms with van der Waals surface area (Å²) in [6, 6.07) is 8.18. The summed E-state index contributed by atoms with van der Waals surface area (Å²) in [7, 11) is 0. The number of anilines is 1. The van der Waals surface area contributed by atoms with Gasteiger partial charge in [-0.05, 0) is 42.7 Å². The van der Waals surface area contributed by atoms with Crippen LogP contribution in [0, 0.1) is 11.8 Å². The van der Waals surface area contributed by atoms with Crippen LogP contribution in [0.25, 0.3) is 0 Å². The van der Waals surface area contributed by atoms with Crippen molar-refractivity contribution in [3.8, 4) is 0 Å². The van der Waals surface area contributed by atoms with E-state index >= 15 is 0 Å². The third-order valence-corrected chi connectivity index (χ3v) is 4.85. The molecule has 20 heavy (non-hydrogen) atoms. The second-order valence-corrected chi connectivity index (χ2v) is 6.67. The van der Waals surface area contributed by atoms with Crippen molar-refractivity contribution in [1.82, 2.24) is 0 Å². The lowest BCUT2D eigenvalue weighted by Crippen LogP contribution is -2.48. The first kappa shape index (κ1) is 13.5. The van der Waals surface area contributed by atoms with Gasteiger partial charge in [0.25, 0.3) is 0 Å². The number of rotatable bonds is 2. The van der Waals surface area contributed by atoms with E-state index in [0.29, 0.717) is 24.3 Å². The number of para-hydroxylation sites is 1. The molecule has 1 N–H and O–H groups in total. The Bertz CT molecular complexity index is 503.